The van der Waals surface area contributed by atoms with Crippen molar-refractivity contribution in [1.29, 1.82) is 0 Å². The van der Waals surface area contributed by atoms with E-state index in [0.29, 0.717) is 5.56 Å². The molecule has 3 rings (SSSR count). The molecule has 0 aliphatic rings. The Bertz CT molecular complexity index is 780. The van der Waals surface area contributed by atoms with Crippen LogP contribution in [0.1, 0.15) is 17.2 Å². The molecule has 21 heavy (non-hydrogen) atoms. The van der Waals surface area contributed by atoms with E-state index in [4.69, 9.17) is 0 Å². The van der Waals surface area contributed by atoms with E-state index in [9.17, 15) is 4.39 Å². The minimum absolute atomic E-state index is 0.191. The molecule has 5 heteroatoms. The zero-order valence-corrected chi connectivity index (χ0v) is 15.1. The van der Waals surface area contributed by atoms with Crippen LogP contribution >= 0.6 is 43.2 Å². The lowest BCUT2D eigenvalue weighted by Crippen LogP contribution is -2.19. The van der Waals surface area contributed by atoms with Crippen LogP contribution in [0.25, 0.3) is 10.1 Å². The third-order valence-corrected chi connectivity index (χ3v) is 6.13. The minimum atomic E-state index is -0.210. The van der Waals surface area contributed by atoms with E-state index < -0.39 is 0 Å². The summed E-state index contributed by atoms with van der Waals surface area (Å²) in [5.41, 5.74) is 1.73. The summed E-state index contributed by atoms with van der Waals surface area (Å²) in [6.45, 7) is 0. The van der Waals surface area contributed by atoms with Crippen molar-refractivity contribution < 1.29 is 4.39 Å². The Hall–Kier alpha value is -0.750. The fourth-order valence-electron chi connectivity index (χ4n) is 2.51. The summed E-state index contributed by atoms with van der Waals surface area (Å²) < 4.78 is 17.3. The van der Waals surface area contributed by atoms with Gasteiger partial charge < -0.3 is 5.32 Å². The van der Waals surface area contributed by atoms with Gasteiger partial charge in [0.25, 0.3) is 0 Å². The van der Waals surface area contributed by atoms with Crippen molar-refractivity contribution >= 4 is 53.3 Å². The highest BCUT2D eigenvalue weighted by molar-refractivity contribution is 9.11. The van der Waals surface area contributed by atoms with E-state index >= 15 is 0 Å². The summed E-state index contributed by atoms with van der Waals surface area (Å²) in [5.74, 6) is -0.210. The molecule has 2 aromatic carbocycles. The van der Waals surface area contributed by atoms with Crippen LogP contribution in [-0.2, 0) is 0 Å². The summed E-state index contributed by atoms with van der Waals surface area (Å²) in [7, 11) is 1.85. The molecule has 1 nitrogen and oxygen atoms in total. The largest absolute Gasteiger partial charge is 0.309 e. The Labute approximate surface area is 143 Å². The van der Waals surface area contributed by atoms with Crippen LogP contribution < -0.4 is 5.32 Å². The van der Waals surface area contributed by atoms with Crippen molar-refractivity contribution in [2.75, 3.05) is 7.05 Å². The summed E-state index contributed by atoms with van der Waals surface area (Å²) >= 11 is 8.71. The number of hydrogen-bond donors (Lipinski definition) is 1. The normalized spacial score (nSPS) is 12.8. The van der Waals surface area contributed by atoms with Gasteiger partial charge in [-0.3, -0.25) is 0 Å². The molecule has 3 aromatic rings. The highest BCUT2D eigenvalue weighted by Crippen LogP contribution is 2.39. The molecule has 0 fully saturated rings. The lowest BCUT2D eigenvalue weighted by atomic mass is 9.98. The minimum Gasteiger partial charge on any atom is -0.309 e. The molecule has 0 aliphatic carbocycles. The smallest absolute Gasteiger partial charge is 0.129 e. The van der Waals surface area contributed by atoms with E-state index in [1.165, 1.54) is 10.8 Å². The molecule has 1 aromatic heterocycles. The van der Waals surface area contributed by atoms with E-state index in [1.807, 2.05) is 25.2 Å². The summed E-state index contributed by atoms with van der Waals surface area (Å²) in [6.07, 6.45) is 0. The number of rotatable bonds is 3. The van der Waals surface area contributed by atoms with Gasteiger partial charge in [0.05, 0.1) is 6.04 Å². The van der Waals surface area contributed by atoms with Crippen molar-refractivity contribution in [3.8, 4) is 0 Å². The standard InChI is InChI=1S/C16H12Br2FNS/c1-20-15(14-11(17)5-3-7-13(14)19)10-8-21-16-9(10)4-2-6-12(16)18/h2-8,15,20H,1H3. The van der Waals surface area contributed by atoms with Gasteiger partial charge >= 0.3 is 0 Å². The third-order valence-electron chi connectivity index (χ3n) is 3.47. The number of nitrogens with one attached hydrogen (secondary N) is 1. The molecule has 1 N–H and O–H groups in total. The highest BCUT2D eigenvalue weighted by Gasteiger charge is 2.22. The number of fused-ring (bicyclic) bond motifs is 1. The average molecular weight is 429 g/mol. The maximum Gasteiger partial charge on any atom is 0.129 e. The number of hydrogen-bond acceptors (Lipinski definition) is 2. The Morgan fingerprint density at radius 3 is 2.52 bits per heavy atom. The molecule has 1 atom stereocenters. The van der Waals surface area contributed by atoms with E-state index in [0.717, 1.165) is 19.9 Å². The van der Waals surface area contributed by atoms with Gasteiger partial charge in [0, 0.05) is 19.2 Å². The zero-order chi connectivity index (χ0) is 15.0. The second-order valence-electron chi connectivity index (χ2n) is 4.66. The van der Waals surface area contributed by atoms with Crippen molar-refractivity contribution in [1.82, 2.24) is 5.32 Å². The zero-order valence-electron chi connectivity index (χ0n) is 11.2. The van der Waals surface area contributed by atoms with Gasteiger partial charge in [-0.2, -0.15) is 0 Å². The van der Waals surface area contributed by atoms with Gasteiger partial charge in [0.15, 0.2) is 0 Å². The first kappa shape index (κ1) is 15.2. The Morgan fingerprint density at radius 2 is 1.81 bits per heavy atom. The second-order valence-corrected chi connectivity index (χ2v) is 7.25. The average Bonchev–Trinajstić information content (AvgIpc) is 2.88. The SMILES string of the molecule is CNC(c1c(F)cccc1Br)c1csc2c(Br)cccc12. The van der Waals surface area contributed by atoms with Crippen LogP contribution in [0.5, 0.6) is 0 Å². The molecule has 0 bridgehead atoms. The molecular weight excluding hydrogens is 417 g/mol. The van der Waals surface area contributed by atoms with E-state index in [-0.39, 0.29) is 11.9 Å². The van der Waals surface area contributed by atoms with Crippen LogP contribution in [0, 0.1) is 5.82 Å². The quantitative estimate of drug-likeness (QED) is 0.549. The number of thiophene rings is 1. The van der Waals surface area contributed by atoms with Crippen molar-refractivity contribution in [2.45, 2.75) is 6.04 Å². The predicted octanol–water partition coefficient (Wildman–Crippen LogP) is 5.87. The fourth-order valence-corrected chi connectivity index (χ4v) is 4.73. The van der Waals surface area contributed by atoms with Crippen LogP contribution in [0.3, 0.4) is 0 Å². The fraction of sp³-hybridized carbons (Fsp3) is 0.125. The molecule has 0 radical (unpaired) electrons. The van der Waals surface area contributed by atoms with Crippen molar-refractivity contribution in [3.05, 3.63) is 67.7 Å². The van der Waals surface area contributed by atoms with Gasteiger partial charge in [0.1, 0.15) is 5.82 Å². The number of benzene rings is 2. The molecule has 0 saturated heterocycles. The first-order chi connectivity index (χ1) is 10.1. The summed E-state index contributed by atoms with van der Waals surface area (Å²) in [6, 6.07) is 11.0. The molecule has 0 saturated carbocycles. The molecule has 0 spiro atoms. The Morgan fingerprint density at radius 1 is 1.10 bits per heavy atom. The topological polar surface area (TPSA) is 12.0 Å². The molecule has 108 valence electrons. The van der Waals surface area contributed by atoms with Crippen molar-refractivity contribution in [2.24, 2.45) is 0 Å². The molecule has 0 amide bonds. The van der Waals surface area contributed by atoms with Gasteiger partial charge in [-0.1, -0.05) is 34.1 Å². The van der Waals surface area contributed by atoms with Gasteiger partial charge in [0.2, 0.25) is 0 Å². The Balaban J connectivity index is 2.22. The second kappa shape index (κ2) is 6.16. The molecule has 0 aliphatic heterocycles. The van der Waals surface area contributed by atoms with Gasteiger partial charge in [-0.25, -0.2) is 4.39 Å². The van der Waals surface area contributed by atoms with Crippen molar-refractivity contribution in [3.63, 3.8) is 0 Å². The molecule has 1 heterocycles. The monoisotopic (exact) mass is 427 g/mol. The number of halogens is 3. The van der Waals surface area contributed by atoms with E-state index in [1.54, 1.807) is 17.4 Å². The van der Waals surface area contributed by atoms with Crippen LogP contribution in [0.2, 0.25) is 0 Å². The highest BCUT2D eigenvalue weighted by atomic mass is 79.9. The molecular formula is C16H12Br2FNS. The maximum atomic E-state index is 14.3. The summed E-state index contributed by atoms with van der Waals surface area (Å²) in [5, 5.41) is 6.47. The first-order valence-corrected chi connectivity index (χ1v) is 8.87. The van der Waals surface area contributed by atoms with Crippen LogP contribution in [-0.4, -0.2) is 7.05 Å². The van der Waals surface area contributed by atoms with Gasteiger partial charge in [-0.15, -0.1) is 11.3 Å². The first-order valence-electron chi connectivity index (χ1n) is 6.40. The lowest BCUT2D eigenvalue weighted by Gasteiger charge is -2.19. The third kappa shape index (κ3) is 2.68. The van der Waals surface area contributed by atoms with E-state index in [2.05, 4.69) is 48.6 Å². The lowest BCUT2D eigenvalue weighted by molar-refractivity contribution is 0.575. The van der Waals surface area contributed by atoms with Crippen LogP contribution in [0.4, 0.5) is 4.39 Å². The van der Waals surface area contributed by atoms with Gasteiger partial charge in [-0.05, 0) is 57.5 Å². The van der Waals surface area contributed by atoms with Crippen LogP contribution in [0.15, 0.2) is 50.7 Å². The molecule has 1 unspecified atom stereocenters. The maximum absolute atomic E-state index is 14.3. The predicted molar refractivity (Wildman–Crippen MR) is 94.5 cm³/mol. The summed E-state index contributed by atoms with van der Waals surface area (Å²) in [4.78, 5) is 0. The Kier molecular flexibility index (Phi) is 4.45.